The van der Waals surface area contributed by atoms with Gasteiger partial charge in [-0.15, -0.1) is 0 Å². The summed E-state index contributed by atoms with van der Waals surface area (Å²) in [6.07, 6.45) is 0.126. The predicted octanol–water partition coefficient (Wildman–Crippen LogP) is 6.65. The Balaban J connectivity index is 1.27. The summed E-state index contributed by atoms with van der Waals surface area (Å²) in [4.78, 5) is 32.9. The van der Waals surface area contributed by atoms with Crippen molar-refractivity contribution in [2.24, 2.45) is 0 Å². The van der Waals surface area contributed by atoms with Crippen LogP contribution in [0.4, 0.5) is 10.1 Å². The number of hydrogen-bond donors (Lipinski definition) is 0. The van der Waals surface area contributed by atoms with Crippen molar-refractivity contribution in [1.82, 2.24) is 9.80 Å². The Labute approximate surface area is 248 Å². The zero-order valence-corrected chi connectivity index (χ0v) is 24.4. The van der Waals surface area contributed by atoms with E-state index in [1.54, 1.807) is 6.07 Å². The van der Waals surface area contributed by atoms with E-state index >= 15 is 4.39 Å². The number of piperazine rings is 1. The molecule has 216 valence electrons. The lowest BCUT2D eigenvalue weighted by Gasteiger charge is -2.41. The molecule has 0 N–H and O–H groups in total. The monoisotopic (exact) mass is 563 g/mol. The molecule has 0 radical (unpaired) electrons. The van der Waals surface area contributed by atoms with Crippen molar-refractivity contribution in [2.75, 3.05) is 44.2 Å². The van der Waals surface area contributed by atoms with Crippen LogP contribution >= 0.6 is 0 Å². The Bertz CT molecular complexity index is 1500. The largest absolute Gasteiger partial charge is 0.367 e. The summed E-state index contributed by atoms with van der Waals surface area (Å²) in [5.41, 5.74) is 4.66. The third kappa shape index (κ3) is 6.44. The van der Waals surface area contributed by atoms with E-state index in [1.807, 2.05) is 115 Å². The molecule has 4 aromatic rings. The number of likely N-dealkylation sites (N-methyl/N-ethyl adjacent to an activating group) is 1. The first kappa shape index (κ1) is 29.2. The summed E-state index contributed by atoms with van der Waals surface area (Å²) < 4.78 is 15.5. The summed E-state index contributed by atoms with van der Waals surface area (Å²) >= 11 is 0. The second-order valence-corrected chi connectivity index (χ2v) is 10.6. The SMILES string of the molecule is CCN(CC)C(=O)C(c1ccccc1)N1CCN(c2ccc(CC(=O)c3ccccc3-c3ccccc3)cc2F)CC1. The minimum absolute atomic E-state index is 0.0416. The molecule has 1 heterocycles. The van der Waals surface area contributed by atoms with Gasteiger partial charge < -0.3 is 9.80 Å². The number of Topliss-reactive ketones (excluding diaryl/α,β-unsaturated/α-hetero) is 1. The average Bonchev–Trinajstić information content (AvgIpc) is 3.03. The quantitative estimate of drug-likeness (QED) is 0.203. The molecule has 42 heavy (non-hydrogen) atoms. The van der Waals surface area contributed by atoms with Crippen molar-refractivity contribution in [3.05, 3.63) is 126 Å². The predicted molar refractivity (Wildman–Crippen MR) is 167 cm³/mol. The van der Waals surface area contributed by atoms with Crippen molar-refractivity contribution in [1.29, 1.82) is 0 Å². The highest BCUT2D eigenvalue weighted by molar-refractivity contribution is 6.03. The van der Waals surface area contributed by atoms with Gasteiger partial charge in [0.1, 0.15) is 11.9 Å². The molecular formula is C36H38FN3O2. The van der Waals surface area contributed by atoms with E-state index in [0.29, 0.717) is 56.1 Å². The van der Waals surface area contributed by atoms with Crippen LogP contribution in [0.2, 0.25) is 0 Å². The molecule has 0 spiro atoms. The first-order chi connectivity index (χ1) is 20.5. The number of carbonyl (C=O) groups is 2. The van der Waals surface area contributed by atoms with E-state index in [0.717, 1.165) is 16.7 Å². The molecule has 1 saturated heterocycles. The lowest BCUT2D eigenvalue weighted by atomic mass is 9.94. The first-order valence-electron chi connectivity index (χ1n) is 14.8. The van der Waals surface area contributed by atoms with Crippen LogP contribution in [-0.2, 0) is 11.2 Å². The Morgan fingerprint density at radius 1 is 0.786 bits per heavy atom. The van der Waals surface area contributed by atoms with E-state index in [4.69, 9.17) is 0 Å². The van der Waals surface area contributed by atoms with Crippen LogP contribution in [-0.4, -0.2) is 60.8 Å². The molecule has 0 bridgehead atoms. The number of benzene rings is 4. The molecule has 1 atom stereocenters. The fourth-order valence-corrected chi connectivity index (χ4v) is 5.87. The summed E-state index contributed by atoms with van der Waals surface area (Å²) in [5, 5.41) is 0. The molecule has 5 rings (SSSR count). The van der Waals surface area contributed by atoms with Crippen LogP contribution in [0.15, 0.2) is 103 Å². The van der Waals surface area contributed by atoms with Gasteiger partial charge in [0.2, 0.25) is 5.91 Å². The van der Waals surface area contributed by atoms with Crippen LogP contribution in [0.3, 0.4) is 0 Å². The fourth-order valence-electron chi connectivity index (χ4n) is 5.87. The standard InChI is InChI=1S/C36H38FN3O2/c1-3-38(4-2)36(42)35(29-15-9-6-10-16-29)40-23-21-39(22-24-40)33-20-19-27(25-32(33)37)26-34(41)31-18-12-11-17-30(31)28-13-7-5-8-14-28/h5-20,25,35H,3-4,21-24,26H2,1-2H3. The highest BCUT2D eigenvalue weighted by atomic mass is 19.1. The number of hydrogen-bond acceptors (Lipinski definition) is 4. The molecule has 4 aromatic carbocycles. The fraction of sp³-hybridized carbons (Fsp3) is 0.278. The highest BCUT2D eigenvalue weighted by Gasteiger charge is 2.33. The Kier molecular flexibility index (Phi) is 9.45. The number of amides is 1. The molecule has 0 saturated carbocycles. The van der Waals surface area contributed by atoms with E-state index in [-0.39, 0.29) is 30.0 Å². The average molecular weight is 564 g/mol. The Morgan fingerprint density at radius 2 is 1.40 bits per heavy atom. The molecule has 1 unspecified atom stereocenters. The van der Waals surface area contributed by atoms with Crippen molar-refractivity contribution >= 4 is 17.4 Å². The van der Waals surface area contributed by atoms with Gasteiger partial charge in [-0.05, 0) is 48.2 Å². The van der Waals surface area contributed by atoms with Crippen molar-refractivity contribution in [3.63, 3.8) is 0 Å². The van der Waals surface area contributed by atoms with Gasteiger partial charge in [-0.25, -0.2) is 4.39 Å². The van der Waals surface area contributed by atoms with E-state index in [9.17, 15) is 9.59 Å². The minimum Gasteiger partial charge on any atom is -0.367 e. The summed E-state index contributed by atoms with van der Waals surface area (Å²) in [5.74, 6) is -0.266. The van der Waals surface area contributed by atoms with Gasteiger partial charge in [0, 0.05) is 51.3 Å². The third-order valence-corrected chi connectivity index (χ3v) is 8.13. The van der Waals surface area contributed by atoms with Crippen LogP contribution in [0.25, 0.3) is 11.1 Å². The Morgan fingerprint density at radius 3 is 2.05 bits per heavy atom. The maximum atomic E-state index is 15.5. The number of rotatable bonds is 10. The molecule has 6 heteroatoms. The lowest BCUT2D eigenvalue weighted by molar-refractivity contribution is -0.137. The van der Waals surface area contributed by atoms with E-state index < -0.39 is 0 Å². The molecular weight excluding hydrogens is 525 g/mol. The summed E-state index contributed by atoms with van der Waals surface area (Å²) in [6, 6.07) is 32.1. The summed E-state index contributed by atoms with van der Waals surface area (Å²) in [6.45, 7) is 7.83. The van der Waals surface area contributed by atoms with Gasteiger partial charge in [-0.1, -0.05) is 91.0 Å². The Hall–Kier alpha value is -4.29. The van der Waals surface area contributed by atoms with Gasteiger partial charge in [-0.3, -0.25) is 14.5 Å². The molecule has 0 aliphatic carbocycles. The van der Waals surface area contributed by atoms with Gasteiger partial charge >= 0.3 is 0 Å². The molecule has 1 aliphatic heterocycles. The van der Waals surface area contributed by atoms with Gasteiger partial charge in [0.25, 0.3) is 0 Å². The lowest BCUT2D eigenvalue weighted by Crippen LogP contribution is -2.52. The van der Waals surface area contributed by atoms with Crippen molar-refractivity contribution < 1.29 is 14.0 Å². The zero-order chi connectivity index (χ0) is 29.5. The molecule has 0 aromatic heterocycles. The smallest absolute Gasteiger partial charge is 0.244 e. The molecule has 1 aliphatic rings. The molecule has 5 nitrogen and oxygen atoms in total. The van der Waals surface area contributed by atoms with Gasteiger partial charge in [0.15, 0.2) is 5.78 Å². The summed E-state index contributed by atoms with van der Waals surface area (Å²) in [7, 11) is 0. The third-order valence-electron chi connectivity index (χ3n) is 8.13. The minimum atomic E-state index is -0.356. The highest BCUT2D eigenvalue weighted by Crippen LogP contribution is 2.29. The second-order valence-electron chi connectivity index (χ2n) is 10.6. The topological polar surface area (TPSA) is 43.9 Å². The van der Waals surface area contributed by atoms with Crippen molar-refractivity contribution in [2.45, 2.75) is 26.3 Å². The van der Waals surface area contributed by atoms with Crippen LogP contribution in [0, 0.1) is 5.82 Å². The number of ketones is 1. The number of halogens is 1. The van der Waals surface area contributed by atoms with Gasteiger partial charge in [-0.2, -0.15) is 0 Å². The van der Waals surface area contributed by atoms with Gasteiger partial charge in [0.05, 0.1) is 5.69 Å². The molecule has 1 amide bonds. The van der Waals surface area contributed by atoms with E-state index in [2.05, 4.69) is 4.90 Å². The zero-order valence-electron chi connectivity index (χ0n) is 24.4. The molecule has 1 fully saturated rings. The maximum Gasteiger partial charge on any atom is 0.244 e. The number of carbonyl (C=O) groups excluding carboxylic acids is 2. The van der Waals surface area contributed by atoms with Crippen LogP contribution < -0.4 is 4.90 Å². The van der Waals surface area contributed by atoms with Crippen molar-refractivity contribution in [3.8, 4) is 11.1 Å². The van der Waals surface area contributed by atoms with Crippen LogP contribution in [0.1, 0.15) is 41.4 Å². The van der Waals surface area contributed by atoms with E-state index in [1.165, 1.54) is 6.07 Å². The first-order valence-corrected chi connectivity index (χ1v) is 14.8. The normalized spacial score (nSPS) is 14.4. The second kappa shape index (κ2) is 13.6. The maximum absolute atomic E-state index is 15.5. The van der Waals surface area contributed by atoms with Crippen LogP contribution in [0.5, 0.6) is 0 Å². The number of nitrogens with zero attached hydrogens (tertiary/aromatic N) is 3. The number of anilines is 1.